The topological polar surface area (TPSA) is 35.8 Å². The molecule has 2 nitrogen and oxygen atoms in total. The maximum Gasteiger partial charge on any atom is 0.101 e. The van der Waals surface area contributed by atoms with Gasteiger partial charge in [-0.05, 0) is 42.8 Å². The largest absolute Gasteiger partial charge is 0.377 e. The van der Waals surface area contributed by atoms with Crippen LogP contribution in [0.5, 0.6) is 0 Å². The second-order valence-electron chi connectivity index (χ2n) is 4.22. The lowest BCUT2D eigenvalue weighted by molar-refractivity contribution is 0.884. The maximum absolute atomic E-state index is 9.08. The number of benzene rings is 2. The second-order valence-corrected chi connectivity index (χ2v) is 5.10. The fraction of sp³-hybridized carbons (Fsp3) is 0.133. The Kier molecular flexibility index (Phi) is 4.31. The first-order valence-electron chi connectivity index (χ1n) is 5.82. The molecule has 1 unspecified atom stereocenters. The summed E-state index contributed by atoms with van der Waals surface area (Å²) < 4.78 is 0. The molecule has 0 spiro atoms. The first-order valence-corrected chi connectivity index (χ1v) is 6.57. The van der Waals surface area contributed by atoms with Crippen molar-refractivity contribution < 1.29 is 0 Å². The molecule has 0 amide bonds. The molecule has 1 atom stereocenters. The van der Waals surface area contributed by atoms with Gasteiger partial charge in [0.05, 0.1) is 11.3 Å². The third kappa shape index (κ3) is 3.41. The molecular formula is C15H12Cl2N2. The number of hydrogen-bond donors (Lipinski definition) is 1. The van der Waals surface area contributed by atoms with Gasteiger partial charge in [-0.1, -0.05) is 35.3 Å². The monoisotopic (exact) mass is 290 g/mol. The van der Waals surface area contributed by atoms with Crippen LogP contribution in [0.4, 0.5) is 5.69 Å². The van der Waals surface area contributed by atoms with E-state index in [0.29, 0.717) is 15.6 Å². The summed E-state index contributed by atoms with van der Waals surface area (Å²) in [5, 5.41) is 13.7. The van der Waals surface area contributed by atoms with Gasteiger partial charge in [-0.3, -0.25) is 0 Å². The van der Waals surface area contributed by atoms with Gasteiger partial charge < -0.3 is 5.32 Å². The molecule has 2 aromatic rings. The Labute approximate surface area is 122 Å². The minimum absolute atomic E-state index is 0.0317. The maximum atomic E-state index is 9.08. The zero-order chi connectivity index (χ0) is 13.8. The molecule has 96 valence electrons. The summed E-state index contributed by atoms with van der Waals surface area (Å²) in [4.78, 5) is 0. The van der Waals surface area contributed by atoms with Gasteiger partial charge in [-0.15, -0.1) is 0 Å². The van der Waals surface area contributed by atoms with E-state index in [2.05, 4.69) is 11.4 Å². The lowest BCUT2D eigenvalue weighted by Gasteiger charge is -2.17. The van der Waals surface area contributed by atoms with E-state index < -0.39 is 0 Å². The van der Waals surface area contributed by atoms with Crippen molar-refractivity contribution >= 4 is 28.9 Å². The lowest BCUT2D eigenvalue weighted by Crippen LogP contribution is -2.07. The molecular weight excluding hydrogens is 279 g/mol. The standard InChI is InChI=1S/C15H12Cl2N2/c1-10(11-3-2-4-13(16)7-11)19-15-8-14(17)6-5-12(15)9-18/h2-8,10,19H,1H3. The predicted octanol–water partition coefficient (Wildman–Crippen LogP) is 5.04. The number of anilines is 1. The molecule has 0 aliphatic rings. The van der Waals surface area contributed by atoms with Crippen LogP contribution in [0, 0.1) is 11.3 Å². The van der Waals surface area contributed by atoms with Crippen molar-refractivity contribution in [2.45, 2.75) is 13.0 Å². The van der Waals surface area contributed by atoms with E-state index in [1.807, 2.05) is 31.2 Å². The summed E-state index contributed by atoms with van der Waals surface area (Å²) in [5.41, 5.74) is 2.34. The van der Waals surface area contributed by atoms with Crippen LogP contribution in [0.2, 0.25) is 10.0 Å². The third-order valence-electron chi connectivity index (χ3n) is 2.82. The smallest absolute Gasteiger partial charge is 0.101 e. The third-order valence-corrected chi connectivity index (χ3v) is 3.29. The Morgan fingerprint density at radius 1 is 1.11 bits per heavy atom. The molecule has 19 heavy (non-hydrogen) atoms. The highest BCUT2D eigenvalue weighted by molar-refractivity contribution is 6.31. The minimum atomic E-state index is 0.0317. The average molecular weight is 291 g/mol. The van der Waals surface area contributed by atoms with Crippen molar-refractivity contribution in [1.82, 2.24) is 0 Å². The molecule has 4 heteroatoms. The Bertz CT molecular complexity index is 632. The number of nitrogens with zero attached hydrogens (tertiary/aromatic N) is 1. The van der Waals surface area contributed by atoms with Gasteiger partial charge in [0.1, 0.15) is 6.07 Å². The van der Waals surface area contributed by atoms with Gasteiger partial charge in [0.2, 0.25) is 0 Å². The van der Waals surface area contributed by atoms with Gasteiger partial charge in [-0.2, -0.15) is 5.26 Å². The fourth-order valence-corrected chi connectivity index (χ4v) is 2.20. The number of nitrogens with one attached hydrogen (secondary N) is 1. The van der Waals surface area contributed by atoms with E-state index in [0.717, 1.165) is 11.3 Å². The molecule has 0 saturated heterocycles. The first-order chi connectivity index (χ1) is 9.10. The molecule has 0 saturated carbocycles. The van der Waals surface area contributed by atoms with Crippen molar-refractivity contribution in [2.75, 3.05) is 5.32 Å². The van der Waals surface area contributed by atoms with Crippen LogP contribution in [-0.2, 0) is 0 Å². The van der Waals surface area contributed by atoms with E-state index in [9.17, 15) is 0 Å². The van der Waals surface area contributed by atoms with Crippen LogP contribution < -0.4 is 5.32 Å². The molecule has 0 fully saturated rings. The zero-order valence-electron chi connectivity index (χ0n) is 10.3. The first kappa shape index (κ1) is 13.7. The van der Waals surface area contributed by atoms with Crippen molar-refractivity contribution in [3.8, 4) is 6.07 Å². The summed E-state index contributed by atoms with van der Waals surface area (Å²) in [6.07, 6.45) is 0. The van der Waals surface area contributed by atoms with Gasteiger partial charge in [0, 0.05) is 16.1 Å². The molecule has 0 bridgehead atoms. The lowest BCUT2D eigenvalue weighted by atomic mass is 10.1. The number of hydrogen-bond acceptors (Lipinski definition) is 2. The minimum Gasteiger partial charge on any atom is -0.377 e. The Hall–Kier alpha value is -1.69. The van der Waals surface area contributed by atoms with Gasteiger partial charge >= 0.3 is 0 Å². The summed E-state index contributed by atoms with van der Waals surface area (Å²) in [7, 11) is 0. The van der Waals surface area contributed by atoms with Crippen molar-refractivity contribution in [3.63, 3.8) is 0 Å². The summed E-state index contributed by atoms with van der Waals surface area (Å²) >= 11 is 11.9. The van der Waals surface area contributed by atoms with Gasteiger partial charge in [-0.25, -0.2) is 0 Å². The Morgan fingerprint density at radius 3 is 2.53 bits per heavy atom. The van der Waals surface area contributed by atoms with E-state index in [-0.39, 0.29) is 6.04 Å². The zero-order valence-corrected chi connectivity index (χ0v) is 11.8. The summed E-state index contributed by atoms with van der Waals surface area (Å²) in [5.74, 6) is 0. The van der Waals surface area contributed by atoms with E-state index in [4.69, 9.17) is 28.5 Å². The highest BCUT2D eigenvalue weighted by Crippen LogP contribution is 2.26. The van der Waals surface area contributed by atoms with E-state index >= 15 is 0 Å². The fourth-order valence-electron chi connectivity index (χ4n) is 1.83. The van der Waals surface area contributed by atoms with Crippen molar-refractivity contribution in [3.05, 3.63) is 63.6 Å². The number of rotatable bonds is 3. The summed E-state index contributed by atoms with van der Waals surface area (Å²) in [6.45, 7) is 2.01. The van der Waals surface area contributed by atoms with Crippen LogP contribution in [0.3, 0.4) is 0 Å². The second kappa shape index (κ2) is 5.97. The predicted molar refractivity (Wildman–Crippen MR) is 79.7 cm³/mol. The molecule has 0 radical (unpaired) electrons. The highest BCUT2D eigenvalue weighted by atomic mass is 35.5. The van der Waals surface area contributed by atoms with E-state index in [1.54, 1.807) is 18.2 Å². The number of nitriles is 1. The number of halogens is 2. The average Bonchev–Trinajstić information content (AvgIpc) is 2.39. The van der Waals surface area contributed by atoms with Crippen LogP contribution in [0.25, 0.3) is 0 Å². The van der Waals surface area contributed by atoms with Crippen molar-refractivity contribution in [1.29, 1.82) is 5.26 Å². The Balaban J connectivity index is 2.26. The highest BCUT2D eigenvalue weighted by Gasteiger charge is 2.09. The van der Waals surface area contributed by atoms with Crippen LogP contribution >= 0.6 is 23.2 Å². The van der Waals surface area contributed by atoms with Gasteiger partial charge in [0.15, 0.2) is 0 Å². The molecule has 0 aliphatic heterocycles. The quantitative estimate of drug-likeness (QED) is 0.860. The Morgan fingerprint density at radius 2 is 1.84 bits per heavy atom. The normalized spacial score (nSPS) is 11.7. The molecule has 2 aromatic carbocycles. The molecule has 2 rings (SSSR count). The van der Waals surface area contributed by atoms with Gasteiger partial charge in [0.25, 0.3) is 0 Å². The van der Waals surface area contributed by atoms with Crippen molar-refractivity contribution in [2.24, 2.45) is 0 Å². The SMILES string of the molecule is CC(Nc1cc(Cl)ccc1C#N)c1cccc(Cl)c1. The molecule has 0 heterocycles. The molecule has 0 aromatic heterocycles. The van der Waals surface area contributed by atoms with Crippen LogP contribution in [0.15, 0.2) is 42.5 Å². The van der Waals surface area contributed by atoms with E-state index in [1.165, 1.54) is 0 Å². The molecule has 1 N–H and O–H groups in total. The molecule has 0 aliphatic carbocycles. The van der Waals surface area contributed by atoms with Crippen LogP contribution in [-0.4, -0.2) is 0 Å². The summed E-state index contributed by atoms with van der Waals surface area (Å²) in [6, 6.07) is 15.0. The van der Waals surface area contributed by atoms with Crippen LogP contribution in [0.1, 0.15) is 24.1 Å².